The van der Waals surface area contributed by atoms with Crippen LogP contribution in [0.4, 0.5) is 0 Å². The number of rotatable bonds is 5. The first-order valence-electron chi connectivity index (χ1n) is 5.56. The van der Waals surface area contributed by atoms with Gasteiger partial charge in [-0.25, -0.2) is 0 Å². The molecule has 2 heteroatoms. The van der Waals surface area contributed by atoms with Crippen LogP contribution < -0.4 is 4.74 Å². The van der Waals surface area contributed by atoms with Gasteiger partial charge in [0.2, 0.25) is 0 Å². The summed E-state index contributed by atoms with van der Waals surface area (Å²) in [4.78, 5) is 0. The summed E-state index contributed by atoms with van der Waals surface area (Å²) in [6.45, 7) is 6.00. The standard InChI is InChI=1S/C13H20O2/c1-4-12(14)9-11-7-5-6-8-13(11)15-10(2)3/h5-8,10,12,14H,4,9H2,1-3H3/t12-/m0/s1. The molecule has 15 heavy (non-hydrogen) atoms. The second-order valence-corrected chi connectivity index (χ2v) is 4.04. The van der Waals surface area contributed by atoms with Gasteiger partial charge >= 0.3 is 0 Å². The molecule has 0 heterocycles. The van der Waals surface area contributed by atoms with Crippen LogP contribution in [0.3, 0.4) is 0 Å². The van der Waals surface area contributed by atoms with Gasteiger partial charge in [0.25, 0.3) is 0 Å². The summed E-state index contributed by atoms with van der Waals surface area (Å²) in [5.41, 5.74) is 1.08. The summed E-state index contributed by atoms with van der Waals surface area (Å²) in [5, 5.41) is 9.61. The number of aliphatic hydroxyl groups excluding tert-OH is 1. The van der Waals surface area contributed by atoms with E-state index in [1.807, 2.05) is 45.0 Å². The Balaban J connectivity index is 2.76. The number of para-hydroxylation sites is 1. The van der Waals surface area contributed by atoms with E-state index in [-0.39, 0.29) is 12.2 Å². The highest BCUT2D eigenvalue weighted by atomic mass is 16.5. The van der Waals surface area contributed by atoms with Gasteiger partial charge in [-0.1, -0.05) is 25.1 Å². The molecular weight excluding hydrogens is 188 g/mol. The summed E-state index contributed by atoms with van der Waals surface area (Å²) in [6, 6.07) is 7.90. The van der Waals surface area contributed by atoms with Crippen molar-refractivity contribution in [2.24, 2.45) is 0 Å². The van der Waals surface area contributed by atoms with Crippen molar-refractivity contribution in [3.63, 3.8) is 0 Å². The number of hydrogen-bond acceptors (Lipinski definition) is 2. The van der Waals surface area contributed by atoms with Crippen LogP contribution in [-0.4, -0.2) is 17.3 Å². The van der Waals surface area contributed by atoms with Gasteiger partial charge in [0.1, 0.15) is 5.75 Å². The first kappa shape index (κ1) is 12.1. The van der Waals surface area contributed by atoms with Gasteiger partial charge in [-0.15, -0.1) is 0 Å². The largest absolute Gasteiger partial charge is 0.491 e. The molecule has 0 fully saturated rings. The summed E-state index contributed by atoms with van der Waals surface area (Å²) in [7, 11) is 0. The molecule has 0 spiro atoms. The third-order valence-electron chi connectivity index (χ3n) is 2.26. The topological polar surface area (TPSA) is 29.5 Å². The SMILES string of the molecule is CC[C@H](O)Cc1ccccc1OC(C)C. The zero-order valence-corrected chi connectivity index (χ0v) is 9.73. The quantitative estimate of drug-likeness (QED) is 0.806. The van der Waals surface area contributed by atoms with Crippen molar-refractivity contribution in [2.75, 3.05) is 0 Å². The lowest BCUT2D eigenvalue weighted by atomic mass is 10.1. The predicted molar refractivity (Wildman–Crippen MR) is 62.2 cm³/mol. The Kier molecular flexibility index (Phi) is 4.63. The number of hydrogen-bond donors (Lipinski definition) is 1. The average Bonchev–Trinajstić information content (AvgIpc) is 2.20. The average molecular weight is 208 g/mol. The van der Waals surface area contributed by atoms with Gasteiger partial charge in [0.05, 0.1) is 12.2 Å². The van der Waals surface area contributed by atoms with Crippen molar-refractivity contribution < 1.29 is 9.84 Å². The van der Waals surface area contributed by atoms with E-state index < -0.39 is 0 Å². The Morgan fingerprint density at radius 3 is 2.53 bits per heavy atom. The molecule has 0 aliphatic rings. The molecule has 0 bridgehead atoms. The molecule has 0 aromatic heterocycles. The first-order chi connectivity index (χ1) is 7.13. The molecule has 0 aliphatic carbocycles. The molecule has 84 valence electrons. The van der Waals surface area contributed by atoms with Gasteiger partial charge in [-0.2, -0.15) is 0 Å². The van der Waals surface area contributed by atoms with Gasteiger partial charge in [0.15, 0.2) is 0 Å². The maximum Gasteiger partial charge on any atom is 0.122 e. The number of aliphatic hydroxyl groups is 1. The lowest BCUT2D eigenvalue weighted by molar-refractivity contribution is 0.167. The highest BCUT2D eigenvalue weighted by Gasteiger charge is 2.08. The first-order valence-corrected chi connectivity index (χ1v) is 5.56. The van der Waals surface area contributed by atoms with Crippen molar-refractivity contribution in [1.82, 2.24) is 0 Å². The molecular formula is C13H20O2. The molecule has 0 aliphatic heterocycles. The zero-order chi connectivity index (χ0) is 11.3. The van der Waals surface area contributed by atoms with E-state index in [0.29, 0.717) is 6.42 Å². The molecule has 2 nitrogen and oxygen atoms in total. The minimum Gasteiger partial charge on any atom is -0.491 e. The van der Waals surface area contributed by atoms with Crippen LogP contribution in [-0.2, 0) is 6.42 Å². The lowest BCUT2D eigenvalue weighted by Gasteiger charge is -2.15. The van der Waals surface area contributed by atoms with Crippen LogP contribution in [0.5, 0.6) is 5.75 Å². The Morgan fingerprint density at radius 1 is 1.27 bits per heavy atom. The van der Waals surface area contributed by atoms with E-state index in [0.717, 1.165) is 17.7 Å². The Hall–Kier alpha value is -1.02. The highest BCUT2D eigenvalue weighted by Crippen LogP contribution is 2.21. The Labute approximate surface area is 91.9 Å². The van der Waals surface area contributed by atoms with Crippen LogP contribution in [0.1, 0.15) is 32.8 Å². The van der Waals surface area contributed by atoms with E-state index in [2.05, 4.69) is 0 Å². The highest BCUT2D eigenvalue weighted by molar-refractivity contribution is 5.33. The second-order valence-electron chi connectivity index (χ2n) is 4.04. The van der Waals surface area contributed by atoms with E-state index in [1.54, 1.807) is 0 Å². The zero-order valence-electron chi connectivity index (χ0n) is 9.73. The minimum absolute atomic E-state index is 0.171. The van der Waals surface area contributed by atoms with Crippen molar-refractivity contribution in [2.45, 2.75) is 45.8 Å². The fraction of sp³-hybridized carbons (Fsp3) is 0.538. The maximum absolute atomic E-state index is 9.61. The fourth-order valence-corrected chi connectivity index (χ4v) is 1.44. The van der Waals surface area contributed by atoms with E-state index in [9.17, 15) is 5.11 Å². The number of benzene rings is 1. The van der Waals surface area contributed by atoms with Crippen molar-refractivity contribution >= 4 is 0 Å². The molecule has 1 aromatic rings. The summed E-state index contributed by atoms with van der Waals surface area (Å²) in [5.74, 6) is 0.889. The van der Waals surface area contributed by atoms with Crippen LogP contribution in [0.25, 0.3) is 0 Å². The van der Waals surface area contributed by atoms with Crippen LogP contribution in [0.2, 0.25) is 0 Å². The Bertz CT molecular complexity index is 294. The van der Waals surface area contributed by atoms with Crippen LogP contribution in [0.15, 0.2) is 24.3 Å². The van der Waals surface area contributed by atoms with Crippen molar-refractivity contribution in [1.29, 1.82) is 0 Å². The van der Waals surface area contributed by atoms with Gasteiger partial charge < -0.3 is 9.84 Å². The summed E-state index contributed by atoms with van der Waals surface area (Å²) < 4.78 is 5.68. The lowest BCUT2D eigenvalue weighted by Crippen LogP contribution is -2.12. The van der Waals surface area contributed by atoms with Gasteiger partial charge in [-0.3, -0.25) is 0 Å². The molecule has 1 aromatic carbocycles. The summed E-state index contributed by atoms with van der Waals surface area (Å²) >= 11 is 0. The van der Waals surface area contributed by atoms with E-state index >= 15 is 0 Å². The molecule has 0 saturated carbocycles. The third-order valence-corrected chi connectivity index (χ3v) is 2.26. The van der Waals surface area contributed by atoms with Crippen LogP contribution in [0, 0.1) is 0 Å². The number of ether oxygens (including phenoxy) is 1. The summed E-state index contributed by atoms with van der Waals surface area (Å²) in [6.07, 6.45) is 1.34. The third kappa shape index (κ3) is 3.92. The van der Waals surface area contributed by atoms with Crippen LogP contribution >= 0.6 is 0 Å². The molecule has 1 N–H and O–H groups in total. The van der Waals surface area contributed by atoms with Gasteiger partial charge in [0, 0.05) is 6.42 Å². The predicted octanol–water partition coefficient (Wildman–Crippen LogP) is 2.79. The molecule has 0 unspecified atom stereocenters. The van der Waals surface area contributed by atoms with Gasteiger partial charge in [-0.05, 0) is 31.9 Å². The monoisotopic (exact) mass is 208 g/mol. The minimum atomic E-state index is -0.276. The van der Waals surface area contributed by atoms with E-state index in [1.165, 1.54) is 0 Å². The Morgan fingerprint density at radius 2 is 1.93 bits per heavy atom. The normalized spacial score (nSPS) is 12.9. The molecule has 1 rings (SSSR count). The fourth-order valence-electron chi connectivity index (χ4n) is 1.44. The van der Waals surface area contributed by atoms with E-state index in [4.69, 9.17) is 4.74 Å². The smallest absolute Gasteiger partial charge is 0.122 e. The van der Waals surface area contributed by atoms with Crippen molar-refractivity contribution in [3.05, 3.63) is 29.8 Å². The molecule has 0 saturated heterocycles. The molecule has 0 radical (unpaired) electrons. The maximum atomic E-state index is 9.61. The second kappa shape index (κ2) is 5.76. The molecule has 1 atom stereocenters. The molecule has 0 amide bonds. The van der Waals surface area contributed by atoms with Crippen molar-refractivity contribution in [3.8, 4) is 5.75 Å².